The summed E-state index contributed by atoms with van der Waals surface area (Å²) in [6, 6.07) is 10.9. The van der Waals surface area contributed by atoms with Crippen LogP contribution in [0.2, 0.25) is 0 Å². The van der Waals surface area contributed by atoms with Gasteiger partial charge in [-0.05, 0) is 43.5 Å². The van der Waals surface area contributed by atoms with Gasteiger partial charge in [-0.3, -0.25) is 14.6 Å². The van der Waals surface area contributed by atoms with E-state index in [0.29, 0.717) is 18.4 Å². The number of carboxylic acids is 1. The Balaban J connectivity index is 1.85. The van der Waals surface area contributed by atoms with E-state index in [9.17, 15) is 14.7 Å². The molecule has 2 aromatic rings. The lowest BCUT2D eigenvalue weighted by atomic mass is 9.98. The van der Waals surface area contributed by atoms with E-state index in [4.69, 9.17) is 0 Å². The minimum Gasteiger partial charge on any atom is -0.481 e. The zero-order valence-electron chi connectivity index (χ0n) is 13.5. The Morgan fingerprint density at radius 3 is 2.71 bits per heavy atom. The molecule has 1 aliphatic carbocycles. The molecular formula is C19H20N2O3. The van der Waals surface area contributed by atoms with E-state index in [-0.39, 0.29) is 11.9 Å². The Hall–Kier alpha value is -2.69. The quantitative estimate of drug-likeness (QED) is 0.906. The molecule has 0 unspecified atom stereocenters. The fourth-order valence-electron chi connectivity index (χ4n) is 3.36. The SMILES string of the molecule is Cc1c(C(=O)N[C@@H]2CCC[C@@H]2C(=O)O)cccc1-c1ccccn1. The van der Waals surface area contributed by atoms with Gasteiger partial charge in [-0.1, -0.05) is 24.6 Å². The van der Waals surface area contributed by atoms with Crippen molar-refractivity contribution >= 4 is 11.9 Å². The molecular weight excluding hydrogens is 304 g/mol. The van der Waals surface area contributed by atoms with Crippen molar-refractivity contribution in [3.8, 4) is 11.3 Å². The summed E-state index contributed by atoms with van der Waals surface area (Å²) in [6.45, 7) is 1.89. The summed E-state index contributed by atoms with van der Waals surface area (Å²) in [4.78, 5) is 28.3. The number of rotatable bonds is 4. The van der Waals surface area contributed by atoms with E-state index in [2.05, 4.69) is 10.3 Å². The number of carboxylic acid groups (broad SMARTS) is 1. The van der Waals surface area contributed by atoms with Crippen LogP contribution < -0.4 is 5.32 Å². The van der Waals surface area contributed by atoms with Gasteiger partial charge in [-0.25, -0.2) is 0 Å². The number of hydrogen-bond donors (Lipinski definition) is 2. The van der Waals surface area contributed by atoms with E-state index in [1.807, 2.05) is 37.3 Å². The highest BCUT2D eigenvalue weighted by Crippen LogP contribution is 2.27. The zero-order chi connectivity index (χ0) is 17.1. The maximum atomic E-state index is 12.6. The maximum absolute atomic E-state index is 12.6. The molecule has 5 heteroatoms. The molecule has 124 valence electrons. The molecule has 1 aromatic heterocycles. The molecule has 1 fully saturated rings. The van der Waals surface area contributed by atoms with Crippen LogP contribution in [-0.2, 0) is 4.79 Å². The van der Waals surface area contributed by atoms with Crippen LogP contribution in [0.1, 0.15) is 35.2 Å². The van der Waals surface area contributed by atoms with Crippen molar-refractivity contribution in [1.82, 2.24) is 10.3 Å². The number of carbonyl (C=O) groups excluding carboxylic acids is 1. The summed E-state index contributed by atoms with van der Waals surface area (Å²) >= 11 is 0. The minimum absolute atomic E-state index is 0.219. The molecule has 1 amide bonds. The molecule has 5 nitrogen and oxygen atoms in total. The Morgan fingerprint density at radius 1 is 1.17 bits per heavy atom. The first-order valence-electron chi connectivity index (χ1n) is 8.12. The van der Waals surface area contributed by atoms with Gasteiger partial charge in [0.2, 0.25) is 0 Å². The van der Waals surface area contributed by atoms with Crippen LogP contribution in [0.3, 0.4) is 0 Å². The molecule has 0 aliphatic heterocycles. The number of carbonyl (C=O) groups is 2. The van der Waals surface area contributed by atoms with Crippen LogP contribution in [0.5, 0.6) is 0 Å². The van der Waals surface area contributed by atoms with Gasteiger partial charge in [0.05, 0.1) is 11.6 Å². The van der Waals surface area contributed by atoms with E-state index in [1.54, 1.807) is 12.3 Å². The third-order valence-electron chi connectivity index (χ3n) is 4.67. The van der Waals surface area contributed by atoms with Crippen molar-refractivity contribution in [3.63, 3.8) is 0 Å². The predicted octanol–water partition coefficient (Wildman–Crippen LogP) is 3.04. The highest BCUT2D eigenvalue weighted by atomic mass is 16.4. The molecule has 3 rings (SSSR count). The van der Waals surface area contributed by atoms with Gasteiger partial charge in [0.25, 0.3) is 5.91 Å². The van der Waals surface area contributed by atoms with E-state index in [0.717, 1.165) is 23.2 Å². The Morgan fingerprint density at radius 2 is 2.00 bits per heavy atom. The second-order valence-corrected chi connectivity index (χ2v) is 6.15. The summed E-state index contributed by atoms with van der Waals surface area (Å²) in [5.41, 5.74) is 3.13. The number of benzene rings is 1. The van der Waals surface area contributed by atoms with Gasteiger partial charge < -0.3 is 10.4 Å². The number of pyridine rings is 1. The van der Waals surface area contributed by atoms with Crippen LogP contribution in [0.25, 0.3) is 11.3 Å². The Bertz CT molecular complexity index is 758. The molecule has 1 aliphatic rings. The van der Waals surface area contributed by atoms with Crippen molar-refractivity contribution < 1.29 is 14.7 Å². The smallest absolute Gasteiger partial charge is 0.308 e. The number of nitrogens with zero attached hydrogens (tertiary/aromatic N) is 1. The predicted molar refractivity (Wildman–Crippen MR) is 90.6 cm³/mol. The van der Waals surface area contributed by atoms with E-state index >= 15 is 0 Å². The van der Waals surface area contributed by atoms with Gasteiger partial charge in [0, 0.05) is 23.4 Å². The lowest BCUT2D eigenvalue weighted by Crippen LogP contribution is -2.40. The molecule has 1 saturated carbocycles. The average Bonchev–Trinajstić information content (AvgIpc) is 3.04. The third kappa shape index (κ3) is 3.15. The largest absolute Gasteiger partial charge is 0.481 e. The number of nitrogens with one attached hydrogen (secondary N) is 1. The molecule has 24 heavy (non-hydrogen) atoms. The number of aromatic nitrogens is 1. The van der Waals surface area contributed by atoms with Crippen LogP contribution >= 0.6 is 0 Å². The third-order valence-corrected chi connectivity index (χ3v) is 4.67. The molecule has 2 atom stereocenters. The number of amides is 1. The molecule has 0 radical (unpaired) electrons. The first kappa shape index (κ1) is 16.2. The standard InChI is InChI=1S/C19H20N2O3/c1-12-13(16-9-2-3-11-20-16)6-4-7-14(12)18(22)21-17-10-5-8-15(17)19(23)24/h2-4,6-7,9,11,15,17H,5,8,10H2,1H3,(H,21,22)(H,23,24)/t15-,17+/m0/s1. The summed E-state index contributed by atoms with van der Waals surface area (Å²) in [6.07, 6.45) is 3.88. The van der Waals surface area contributed by atoms with Gasteiger partial charge in [-0.15, -0.1) is 0 Å². The normalized spacial score (nSPS) is 19.9. The van der Waals surface area contributed by atoms with Crippen molar-refractivity contribution in [2.24, 2.45) is 5.92 Å². The second kappa shape index (κ2) is 6.83. The van der Waals surface area contributed by atoms with Gasteiger partial charge in [0.15, 0.2) is 0 Å². The molecule has 0 spiro atoms. The second-order valence-electron chi connectivity index (χ2n) is 6.15. The summed E-state index contributed by atoms with van der Waals surface area (Å²) in [5, 5.41) is 12.2. The zero-order valence-corrected chi connectivity index (χ0v) is 13.5. The molecule has 1 heterocycles. The monoisotopic (exact) mass is 324 g/mol. The number of hydrogen-bond acceptors (Lipinski definition) is 3. The van der Waals surface area contributed by atoms with Crippen LogP contribution in [0.4, 0.5) is 0 Å². The van der Waals surface area contributed by atoms with E-state index < -0.39 is 11.9 Å². The minimum atomic E-state index is -0.836. The maximum Gasteiger partial charge on any atom is 0.308 e. The Kier molecular flexibility index (Phi) is 4.60. The first-order chi connectivity index (χ1) is 11.6. The van der Waals surface area contributed by atoms with Crippen LogP contribution in [-0.4, -0.2) is 28.0 Å². The molecule has 0 saturated heterocycles. The first-order valence-corrected chi connectivity index (χ1v) is 8.12. The topological polar surface area (TPSA) is 79.3 Å². The fraction of sp³-hybridized carbons (Fsp3) is 0.316. The lowest BCUT2D eigenvalue weighted by Gasteiger charge is -2.19. The summed E-state index contributed by atoms with van der Waals surface area (Å²) in [7, 11) is 0. The van der Waals surface area contributed by atoms with Gasteiger partial charge in [0.1, 0.15) is 0 Å². The van der Waals surface area contributed by atoms with Crippen molar-refractivity contribution in [2.45, 2.75) is 32.2 Å². The van der Waals surface area contributed by atoms with Crippen LogP contribution in [0, 0.1) is 12.8 Å². The molecule has 0 bridgehead atoms. The van der Waals surface area contributed by atoms with Crippen molar-refractivity contribution in [2.75, 3.05) is 0 Å². The summed E-state index contributed by atoms with van der Waals surface area (Å²) < 4.78 is 0. The highest BCUT2D eigenvalue weighted by molar-refractivity contribution is 5.97. The van der Waals surface area contributed by atoms with Crippen LogP contribution in [0.15, 0.2) is 42.6 Å². The fourth-order valence-corrected chi connectivity index (χ4v) is 3.36. The van der Waals surface area contributed by atoms with Crippen molar-refractivity contribution in [3.05, 3.63) is 53.7 Å². The average molecular weight is 324 g/mol. The highest BCUT2D eigenvalue weighted by Gasteiger charge is 2.34. The van der Waals surface area contributed by atoms with E-state index in [1.165, 1.54) is 0 Å². The Labute approximate surface area is 140 Å². The number of aliphatic carboxylic acids is 1. The van der Waals surface area contributed by atoms with Gasteiger partial charge >= 0.3 is 5.97 Å². The lowest BCUT2D eigenvalue weighted by molar-refractivity contribution is -0.142. The molecule has 2 N–H and O–H groups in total. The van der Waals surface area contributed by atoms with Gasteiger partial charge in [-0.2, -0.15) is 0 Å². The summed E-state index contributed by atoms with van der Waals surface area (Å²) in [5.74, 6) is -1.55. The van der Waals surface area contributed by atoms with Crippen molar-refractivity contribution in [1.29, 1.82) is 0 Å². The molecule has 1 aromatic carbocycles.